The standard InChI is InChI=1S/C20H18ClN3O2S/c21-16-8-5-14(6-9-16)19-23-24-20(27-19)22-18(25)12-26-17-10-7-13-3-1-2-4-15(13)11-17/h5-11H,1-4,12H2,(H,22,24,25). The number of halogens is 1. The van der Waals surface area contributed by atoms with Crippen LogP contribution in [0.15, 0.2) is 42.5 Å². The van der Waals surface area contributed by atoms with Crippen LogP contribution in [0.5, 0.6) is 5.75 Å². The predicted octanol–water partition coefficient (Wildman–Crippen LogP) is 4.75. The molecule has 27 heavy (non-hydrogen) atoms. The van der Waals surface area contributed by atoms with E-state index in [1.54, 1.807) is 12.1 Å². The van der Waals surface area contributed by atoms with Crippen LogP contribution in [0.1, 0.15) is 24.0 Å². The highest BCUT2D eigenvalue weighted by atomic mass is 35.5. The summed E-state index contributed by atoms with van der Waals surface area (Å²) in [6, 6.07) is 13.4. The molecule has 1 aliphatic rings. The van der Waals surface area contributed by atoms with Crippen LogP contribution in [0.25, 0.3) is 10.6 Å². The second-order valence-corrected chi connectivity index (χ2v) is 7.81. The maximum absolute atomic E-state index is 12.2. The second kappa shape index (κ2) is 8.06. The molecule has 1 aliphatic carbocycles. The normalized spacial score (nSPS) is 13.1. The van der Waals surface area contributed by atoms with E-state index in [1.807, 2.05) is 24.3 Å². The zero-order valence-corrected chi connectivity index (χ0v) is 16.1. The van der Waals surface area contributed by atoms with Crippen molar-refractivity contribution in [3.05, 3.63) is 58.6 Å². The third-order valence-electron chi connectivity index (χ3n) is 4.45. The van der Waals surface area contributed by atoms with Gasteiger partial charge in [0.15, 0.2) is 6.61 Å². The Hall–Kier alpha value is -2.44. The molecule has 4 rings (SSSR count). The Kier molecular flexibility index (Phi) is 5.36. The molecule has 0 saturated carbocycles. The average molecular weight is 400 g/mol. The fourth-order valence-electron chi connectivity index (χ4n) is 3.09. The van der Waals surface area contributed by atoms with Crippen LogP contribution >= 0.6 is 22.9 Å². The molecule has 0 aliphatic heterocycles. The molecule has 0 atom stereocenters. The number of amides is 1. The highest BCUT2D eigenvalue weighted by Gasteiger charge is 2.12. The summed E-state index contributed by atoms with van der Waals surface area (Å²) in [7, 11) is 0. The van der Waals surface area contributed by atoms with Crippen molar-refractivity contribution in [2.45, 2.75) is 25.7 Å². The van der Waals surface area contributed by atoms with Crippen LogP contribution in [-0.4, -0.2) is 22.7 Å². The van der Waals surface area contributed by atoms with Gasteiger partial charge in [-0.15, -0.1) is 10.2 Å². The van der Waals surface area contributed by atoms with E-state index in [-0.39, 0.29) is 12.5 Å². The molecule has 0 unspecified atom stereocenters. The van der Waals surface area contributed by atoms with Gasteiger partial charge < -0.3 is 4.74 Å². The Morgan fingerprint density at radius 1 is 1.07 bits per heavy atom. The van der Waals surface area contributed by atoms with Crippen molar-refractivity contribution in [3.8, 4) is 16.3 Å². The molecule has 5 nitrogen and oxygen atoms in total. The number of ether oxygens (including phenoxy) is 1. The van der Waals surface area contributed by atoms with Crippen LogP contribution in [0.3, 0.4) is 0 Å². The molecule has 138 valence electrons. The number of hydrogen-bond acceptors (Lipinski definition) is 5. The lowest BCUT2D eigenvalue weighted by Crippen LogP contribution is -2.20. The van der Waals surface area contributed by atoms with Gasteiger partial charge in [-0.1, -0.05) is 41.1 Å². The predicted molar refractivity (Wildman–Crippen MR) is 108 cm³/mol. The first-order valence-electron chi connectivity index (χ1n) is 8.81. The van der Waals surface area contributed by atoms with Crippen LogP contribution in [0, 0.1) is 0 Å². The topological polar surface area (TPSA) is 64.1 Å². The van der Waals surface area contributed by atoms with Gasteiger partial charge in [0.25, 0.3) is 5.91 Å². The molecular weight excluding hydrogens is 382 g/mol. The lowest BCUT2D eigenvalue weighted by atomic mass is 9.92. The SMILES string of the molecule is O=C(COc1ccc2c(c1)CCCC2)Nc1nnc(-c2ccc(Cl)cc2)s1. The van der Waals surface area contributed by atoms with Gasteiger partial charge >= 0.3 is 0 Å². The summed E-state index contributed by atoms with van der Waals surface area (Å²) >= 11 is 7.20. The largest absolute Gasteiger partial charge is 0.484 e. The number of aromatic nitrogens is 2. The van der Waals surface area contributed by atoms with E-state index >= 15 is 0 Å². The first-order chi connectivity index (χ1) is 13.2. The summed E-state index contributed by atoms with van der Waals surface area (Å²) in [5.74, 6) is 0.469. The van der Waals surface area contributed by atoms with Crippen molar-refractivity contribution < 1.29 is 9.53 Å². The van der Waals surface area contributed by atoms with Gasteiger partial charge in [-0.3, -0.25) is 10.1 Å². The molecule has 3 aromatic rings. The summed E-state index contributed by atoms with van der Waals surface area (Å²) in [6.07, 6.45) is 4.67. The second-order valence-electron chi connectivity index (χ2n) is 6.39. The number of hydrogen-bond donors (Lipinski definition) is 1. The summed E-state index contributed by atoms with van der Waals surface area (Å²) in [4.78, 5) is 12.2. The molecule has 0 spiro atoms. The Morgan fingerprint density at radius 3 is 2.67 bits per heavy atom. The number of fused-ring (bicyclic) bond motifs is 1. The molecule has 1 aromatic heterocycles. The van der Waals surface area contributed by atoms with Crippen LogP contribution in [0.2, 0.25) is 5.02 Å². The fraction of sp³-hybridized carbons (Fsp3) is 0.250. The Bertz CT molecular complexity index is 956. The number of nitrogens with zero attached hydrogens (tertiary/aromatic N) is 2. The summed E-state index contributed by atoms with van der Waals surface area (Å²) in [5, 5.41) is 12.7. The number of rotatable bonds is 5. The molecule has 0 radical (unpaired) electrons. The van der Waals surface area contributed by atoms with E-state index in [4.69, 9.17) is 16.3 Å². The lowest BCUT2D eigenvalue weighted by Gasteiger charge is -2.16. The molecular formula is C20H18ClN3O2S. The van der Waals surface area contributed by atoms with Crippen molar-refractivity contribution in [2.75, 3.05) is 11.9 Å². The number of anilines is 1. The first-order valence-corrected chi connectivity index (χ1v) is 10.0. The highest BCUT2D eigenvalue weighted by molar-refractivity contribution is 7.18. The third-order valence-corrected chi connectivity index (χ3v) is 5.59. The van der Waals surface area contributed by atoms with E-state index in [0.29, 0.717) is 10.2 Å². The molecule has 2 aromatic carbocycles. The Morgan fingerprint density at radius 2 is 1.85 bits per heavy atom. The van der Waals surface area contributed by atoms with Crippen LogP contribution in [-0.2, 0) is 17.6 Å². The van der Waals surface area contributed by atoms with Crippen molar-refractivity contribution in [1.82, 2.24) is 10.2 Å². The van der Waals surface area contributed by atoms with Crippen molar-refractivity contribution in [1.29, 1.82) is 0 Å². The summed E-state index contributed by atoms with van der Waals surface area (Å²) < 4.78 is 5.64. The van der Waals surface area contributed by atoms with Gasteiger partial charge in [0.2, 0.25) is 5.13 Å². The molecule has 0 fully saturated rings. The molecule has 1 amide bonds. The van der Waals surface area contributed by atoms with Crippen molar-refractivity contribution in [3.63, 3.8) is 0 Å². The van der Waals surface area contributed by atoms with Gasteiger partial charge in [-0.2, -0.15) is 0 Å². The van der Waals surface area contributed by atoms with Gasteiger partial charge in [-0.05, 0) is 61.1 Å². The summed E-state index contributed by atoms with van der Waals surface area (Å²) in [5.41, 5.74) is 3.63. The number of carbonyl (C=O) groups is 1. The minimum absolute atomic E-state index is 0.0609. The van der Waals surface area contributed by atoms with Gasteiger partial charge in [0.05, 0.1) is 0 Å². The van der Waals surface area contributed by atoms with E-state index in [9.17, 15) is 4.79 Å². The molecule has 0 bridgehead atoms. The average Bonchev–Trinajstić information content (AvgIpc) is 3.15. The molecule has 7 heteroatoms. The lowest BCUT2D eigenvalue weighted by molar-refractivity contribution is -0.118. The zero-order valence-electron chi connectivity index (χ0n) is 14.6. The highest BCUT2D eigenvalue weighted by Crippen LogP contribution is 2.28. The summed E-state index contributed by atoms with van der Waals surface area (Å²) in [6.45, 7) is -0.0609. The number of nitrogens with one attached hydrogen (secondary N) is 1. The van der Waals surface area contributed by atoms with Gasteiger partial charge in [0.1, 0.15) is 10.8 Å². The van der Waals surface area contributed by atoms with Crippen molar-refractivity contribution >= 4 is 34.0 Å². The first kappa shape index (κ1) is 17.9. The maximum atomic E-state index is 12.2. The molecule has 1 N–H and O–H groups in total. The Balaban J connectivity index is 1.34. The maximum Gasteiger partial charge on any atom is 0.264 e. The zero-order chi connectivity index (χ0) is 18.6. The van der Waals surface area contributed by atoms with Gasteiger partial charge in [0, 0.05) is 10.6 Å². The molecule has 0 saturated heterocycles. The quantitative estimate of drug-likeness (QED) is 0.672. The minimum atomic E-state index is -0.258. The number of carbonyl (C=O) groups excluding carboxylic acids is 1. The number of aryl methyl sites for hydroxylation is 2. The number of benzene rings is 2. The molecule has 1 heterocycles. The minimum Gasteiger partial charge on any atom is -0.484 e. The van der Waals surface area contributed by atoms with E-state index in [1.165, 1.54) is 35.3 Å². The van der Waals surface area contributed by atoms with Crippen molar-refractivity contribution in [2.24, 2.45) is 0 Å². The fourth-order valence-corrected chi connectivity index (χ4v) is 3.98. The monoisotopic (exact) mass is 399 g/mol. The van der Waals surface area contributed by atoms with E-state index in [0.717, 1.165) is 29.2 Å². The Labute approximate surface area is 166 Å². The third kappa shape index (κ3) is 4.46. The van der Waals surface area contributed by atoms with E-state index < -0.39 is 0 Å². The smallest absolute Gasteiger partial charge is 0.264 e. The van der Waals surface area contributed by atoms with E-state index in [2.05, 4.69) is 21.6 Å². The van der Waals surface area contributed by atoms with Gasteiger partial charge in [-0.25, -0.2) is 0 Å². The van der Waals surface area contributed by atoms with Crippen LogP contribution in [0.4, 0.5) is 5.13 Å². The van der Waals surface area contributed by atoms with Crippen LogP contribution < -0.4 is 10.1 Å².